The highest BCUT2D eigenvalue weighted by molar-refractivity contribution is 7.89. The van der Waals surface area contributed by atoms with Crippen molar-refractivity contribution in [3.8, 4) is 0 Å². The van der Waals surface area contributed by atoms with Crippen molar-refractivity contribution >= 4 is 10.0 Å². The molecule has 0 fully saturated rings. The standard InChI is InChI=1S/C13H13FN2O2S/c14-12-5-1-2-6-13(12)19(17,18)16-9-7-11-4-3-8-15-10-11/h1-6,8,10,16H,7,9H2. The number of pyridine rings is 1. The van der Waals surface area contributed by atoms with Crippen LogP contribution in [0.5, 0.6) is 0 Å². The molecule has 0 saturated carbocycles. The number of hydrogen-bond donors (Lipinski definition) is 1. The molecule has 0 radical (unpaired) electrons. The van der Waals surface area contributed by atoms with Gasteiger partial charge in [-0.25, -0.2) is 17.5 Å². The van der Waals surface area contributed by atoms with Crippen molar-refractivity contribution in [2.45, 2.75) is 11.3 Å². The molecule has 0 aliphatic heterocycles. The number of rotatable bonds is 5. The molecule has 0 bridgehead atoms. The van der Waals surface area contributed by atoms with Crippen molar-refractivity contribution in [1.82, 2.24) is 9.71 Å². The summed E-state index contributed by atoms with van der Waals surface area (Å²) in [6.45, 7) is 0.197. The molecule has 2 aromatic rings. The fourth-order valence-electron chi connectivity index (χ4n) is 1.62. The van der Waals surface area contributed by atoms with E-state index in [9.17, 15) is 12.8 Å². The van der Waals surface area contributed by atoms with E-state index in [1.165, 1.54) is 18.2 Å². The normalized spacial score (nSPS) is 11.4. The third kappa shape index (κ3) is 3.59. The average Bonchev–Trinajstić information content (AvgIpc) is 2.40. The minimum absolute atomic E-state index is 0.197. The molecule has 0 amide bonds. The second kappa shape index (κ2) is 5.90. The second-order valence-corrected chi connectivity index (χ2v) is 5.67. The Labute approximate surface area is 111 Å². The Morgan fingerprint density at radius 2 is 1.95 bits per heavy atom. The zero-order valence-electron chi connectivity index (χ0n) is 10.1. The second-order valence-electron chi connectivity index (χ2n) is 3.94. The fourth-order valence-corrected chi connectivity index (χ4v) is 2.72. The fraction of sp³-hybridized carbons (Fsp3) is 0.154. The number of aromatic nitrogens is 1. The van der Waals surface area contributed by atoms with Crippen molar-refractivity contribution in [3.63, 3.8) is 0 Å². The first kappa shape index (κ1) is 13.6. The van der Waals surface area contributed by atoms with Crippen LogP contribution in [0.3, 0.4) is 0 Å². The molecule has 0 spiro atoms. The van der Waals surface area contributed by atoms with Gasteiger partial charge in [0.25, 0.3) is 0 Å². The quantitative estimate of drug-likeness (QED) is 0.907. The molecule has 1 N–H and O–H groups in total. The summed E-state index contributed by atoms with van der Waals surface area (Å²) < 4.78 is 39.5. The summed E-state index contributed by atoms with van der Waals surface area (Å²) in [5.41, 5.74) is 0.915. The highest BCUT2D eigenvalue weighted by atomic mass is 32.2. The molecule has 0 aliphatic rings. The van der Waals surface area contributed by atoms with Crippen molar-refractivity contribution < 1.29 is 12.8 Å². The van der Waals surface area contributed by atoms with Crippen LogP contribution >= 0.6 is 0 Å². The molecule has 0 atom stereocenters. The maximum atomic E-state index is 13.4. The maximum absolute atomic E-state index is 13.4. The van der Waals surface area contributed by atoms with Gasteiger partial charge in [0.2, 0.25) is 10.0 Å². The maximum Gasteiger partial charge on any atom is 0.243 e. The Kier molecular flexibility index (Phi) is 4.24. The number of nitrogens with one attached hydrogen (secondary N) is 1. The third-order valence-corrected chi connectivity index (χ3v) is 4.05. The Balaban J connectivity index is 2.01. The van der Waals surface area contributed by atoms with Crippen LogP contribution in [-0.4, -0.2) is 19.9 Å². The Hall–Kier alpha value is -1.79. The SMILES string of the molecule is O=S(=O)(NCCc1cccnc1)c1ccccc1F. The molecule has 0 aliphatic carbocycles. The van der Waals surface area contributed by atoms with Gasteiger partial charge in [0, 0.05) is 18.9 Å². The molecular weight excluding hydrogens is 267 g/mol. The van der Waals surface area contributed by atoms with Gasteiger partial charge in [-0.15, -0.1) is 0 Å². The van der Waals surface area contributed by atoms with Crippen molar-refractivity contribution in [2.24, 2.45) is 0 Å². The van der Waals surface area contributed by atoms with E-state index in [-0.39, 0.29) is 11.4 Å². The van der Waals surface area contributed by atoms with E-state index in [4.69, 9.17) is 0 Å². The molecule has 0 saturated heterocycles. The molecule has 1 aromatic heterocycles. The zero-order valence-corrected chi connectivity index (χ0v) is 10.9. The summed E-state index contributed by atoms with van der Waals surface area (Å²) in [6, 6.07) is 8.92. The van der Waals surface area contributed by atoms with Crippen molar-refractivity contribution in [2.75, 3.05) is 6.54 Å². The molecule has 100 valence electrons. The predicted octanol–water partition coefficient (Wildman–Crippen LogP) is 1.74. The molecule has 1 heterocycles. The van der Waals surface area contributed by atoms with E-state index < -0.39 is 15.8 Å². The van der Waals surface area contributed by atoms with E-state index in [1.54, 1.807) is 18.5 Å². The van der Waals surface area contributed by atoms with Crippen molar-refractivity contribution in [1.29, 1.82) is 0 Å². The smallest absolute Gasteiger partial charge is 0.243 e. The number of nitrogens with zero attached hydrogens (tertiary/aromatic N) is 1. The average molecular weight is 280 g/mol. The number of sulfonamides is 1. The van der Waals surface area contributed by atoms with E-state index >= 15 is 0 Å². The monoisotopic (exact) mass is 280 g/mol. The van der Waals surface area contributed by atoms with E-state index in [0.717, 1.165) is 11.6 Å². The van der Waals surface area contributed by atoms with Gasteiger partial charge in [-0.2, -0.15) is 0 Å². The van der Waals surface area contributed by atoms with Gasteiger partial charge in [0.05, 0.1) is 0 Å². The summed E-state index contributed by atoms with van der Waals surface area (Å²) in [4.78, 5) is 3.60. The van der Waals surface area contributed by atoms with Gasteiger partial charge in [0.15, 0.2) is 0 Å². The van der Waals surface area contributed by atoms with Crippen LogP contribution in [0.2, 0.25) is 0 Å². The van der Waals surface area contributed by atoms with Crippen LogP contribution in [0.15, 0.2) is 53.7 Å². The van der Waals surface area contributed by atoms with Crippen LogP contribution < -0.4 is 4.72 Å². The molecule has 19 heavy (non-hydrogen) atoms. The summed E-state index contributed by atoms with van der Waals surface area (Å²) >= 11 is 0. The molecule has 1 aromatic carbocycles. The first-order valence-electron chi connectivity index (χ1n) is 5.73. The zero-order chi connectivity index (χ0) is 13.7. The van der Waals surface area contributed by atoms with Crippen LogP contribution in [0.25, 0.3) is 0 Å². The van der Waals surface area contributed by atoms with Gasteiger partial charge < -0.3 is 0 Å². The van der Waals surface area contributed by atoms with E-state index in [1.807, 2.05) is 6.07 Å². The topological polar surface area (TPSA) is 59.1 Å². The van der Waals surface area contributed by atoms with Crippen LogP contribution in [0.1, 0.15) is 5.56 Å². The summed E-state index contributed by atoms with van der Waals surface area (Å²) in [5.74, 6) is -0.753. The van der Waals surface area contributed by atoms with Crippen LogP contribution in [0.4, 0.5) is 4.39 Å². The van der Waals surface area contributed by atoms with Gasteiger partial charge in [-0.3, -0.25) is 4.98 Å². The lowest BCUT2D eigenvalue weighted by molar-refractivity contribution is 0.557. The lowest BCUT2D eigenvalue weighted by Crippen LogP contribution is -2.26. The molecule has 6 heteroatoms. The summed E-state index contributed by atoms with van der Waals surface area (Å²) in [5, 5.41) is 0. The first-order chi connectivity index (χ1) is 9.09. The Morgan fingerprint density at radius 3 is 2.63 bits per heavy atom. The summed E-state index contributed by atoms with van der Waals surface area (Å²) in [6.07, 6.45) is 3.81. The number of halogens is 1. The van der Waals surface area contributed by atoms with Gasteiger partial charge in [0.1, 0.15) is 10.7 Å². The molecular formula is C13H13FN2O2S. The van der Waals surface area contributed by atoms with Crippen molar-refractivity contribution in [3.05, 3.63) is 60.2 Å². The minimum Gasteiger partial charge on any atom is -0.264 e. The molecule has 0 unspecified atom stereocenters. The number of benzene rings is 1. The van der Waals surface area contributed by atoms with Gasteiger partial charge in [-0.05, 0) is 30.2 Å². The molecule has 2 rings (SSSR count). The molecule has 4 nitrogen and oxygen atoms in total. The highest BCUT2D eigenvalue weighted by Gasteiger charge is 2.17. The van der Waals surface area contributed by atoms with Gasteiger partial charge in [-0.1, -0.05) is 18.2 Å². The lowest BCUT2D eigenvalue weighted by Gasteiger charge is -2.07. The lowest BCUT2D eigenvalue weighted by atomic mass is 10.2. The third-order valence-electron chi connectivity index (χ3n) is 2.55. The Morgan fingerprint density at radius 1 is 1.16 bits per heavy atom. The van der Waals surface area contributed by atoms with E-state index in [0.29, 0.717) is 6.42 Å². The Bertz CT molecular complexity index is 645. The highest BCUT2D eigenvalue weighted by Crippen LogP contribution is 2.12. The number of hydrogen-bond acceptors (Lipinski definition) is 3. The minimum atomic E-state index is -3.81. The first-order valence-corrected chi connectivity index (χ1v) is 7.21. The largest absolute Gasteiger partial charge is 0.264 e. The van der Waals surface area contributed by atoms with Crippen LogP contribution in [0, 0.1) is 5.82 Å². The predicted molar refractivity (Wildman–Crippen MR) is 69.5 cm³/mol. The summed E-state index contributed by atoms with van der Waals surface area (Å²) in [7, 11) is -3.81. The van der Waals surface area contributed by atoms with Crippen LogP contribution in [-0.2, 0) is 16.4 Å². The van der Waals surface area contributed by atoms with Gasteiger partial charge >= 0.3 is 0 Å². The van der Waals surface area contributed by atoms with E-state index in [2.05, 4.69) is 9.71 Å².